The van der Waals surface area contributed by atoms with E-state index < -0.39 is 0 Å². The molecule has 0 bridgehead atoms. The molecule has 0 fully saturated rings. The van der Waals surface area contributed by atoms with E-state index in [0.717, 1.165) is 6.42 Å². The van der Waals surface area contributed by atoms with Gasteiger partial charge in [-0.15, -0.1) is 0 Å². The van der Waals surface area contributed by atoms with Gasteiger partial charge in [0.1, 0.15) is 0 Å². The molecule has 0 aliphatic heterocycles. The van der Waals surface area contributed by atoms with Gasteiger partial charge in [-0.3, -0.25) is 0 Å². The third-order valence-corrected chi connectivity index (χ3v) is 2.99. The Morgan fingerprint density at radius 1 is 1.20 bits per heavy atom. The van der Waals surface area contributed by atoms with Gasteiger partial charge in [0, 0.05) is 6.04 Å². The number of benzene rings is 1. The molecule has 0 aromatic heterocycles. The van der Waals surface area contributed by atoms with Crippen molar-refractivity contribution in [3.8, 4) is 0 Å². The van der Waals surface area contributed by atoms with Gasteiger partial charge < -0.3 is 4.90 Å². The first-order valence-corrected chi connectivity index (χ1v) is 5.98. The molecule has 0 aliphatic carbocycles. The quantitative estimate of drug-likeness (QED) is 0.688. The van der Waals surface area contributed by atoms with Crippen LogP contribution in [0.25, 0.3) is 0 Å². The van der Waals surface area contributed by atoms with Gasteiger partial charge in [0.25, 0.3) is 0 Å². The molecule has 0 aliphatic rings. The second-order valence-electron chi connectivity index (χ2n) is 4.37. The average Bonchev–Trinajstić information content (AvgIpc) is 2.27. The summed E-state index contributed by atoms with van der Waals surface area (Å²) < 4.78 is 0. The maximum absolute atomic E-state index is 2.45. The molecule has 15 heavy (non-hydrogen) atoms. The fourth-order valence-corrected chi connectivity index (χ4v) is 1.74. The highest BCUT2D eigenvalue weighted by atomic mass is 15.1. The largest absolute Gasteiger partial charge is 0.303 e. The van der Waals surface area contributed by atoms with Crippen molar-refractivity contribution in [2.45, 2.75) is 39.2 Å². The molecule has 1 aromatic carbocycles. The van der Waals surface area contributed by atoms with Crippen molar-refractivity contribution in [3.63, 3.8) is 0 Å². The zero-order valence-electron chi connectivity index (χ0n) is 10.2. The lowest BCUT2D eigenvalue weighted by Gasteiger charge is -2.24. The minimum atomic E-state index is 0.638. The highest BCUT2D eigenvalue weighted by Crippen LogP contribution is 2.07. The molecule has 0 saturated carbocycles. The molecule has 1 atom stereocenters. The van der Waals surface area contributed by atoms with Crippen LogP contribution in [0.5, 0.6) is 0 Å². The summed E-state index contributed by atoms with van der Waals surface area (Å²) in [6.07, 6.45) is 3.74. The first-order valence-electron chi connectivity index (χ1n) is 5.98. The lowest BCUT2D eigenvalue weighted by molar-refractivity contribution is 0.252. The Morgan fingerprint density at radius 2 is 1.87 bits per heavy atom. The summed E-state index contributed by atoms with van der Waals surface area (Å²) in [5.74, 6) is 0. The second kappa shape index (κ2) is 6.62. The van der Waals surface area contributed by atoms with E-state index in [1.54, 1.807) is 0 Å². The first kappa shape index (κ1) is 12.3. The van der Waals surface area contributed by atoms with Gasteiger partial charge >= 0.3 is 0 Å². The summed E-state index contributed by atoms with van der Waals surface area (Å²) in [6.45, 7) is 5.77. The van der Waals surface area contributed by atoms with E-state index in [-0.39, 0.29) is 0 Å². The van der Waals surface area contributed by atoms with Crippen LogP contribution < -0.4 is 0 Å². The molecule has 1 heteroatoms. The van der Waals surface area contributed by atoms with E-state index in [1.165, 1.54) is 24.9 Å². The topological polar surface area (TPSA) is 3.24 Å². The standard InChI is InChI=1S/C14H23N/c1-4-5-11-15(3)13(2)12-14-9-7-6-8-10-14/h6-10,13H,4-5,11-12H2,1-3H3. The summed E-state index contributed by atoms with van der Waals surface area (Å²) in [7, 11) is 2.23. The maximum atomic E-state index is 2.45. The number of hydrogen-bond donors (Lipinski definition) is 0. The first-order chi connectivity index (χ1) is 7.24. The van der Waals surface area contributed by atoms with Gasteiger partial charge in [0.15, 0.2) is 0 Å². The predicted octanol–water partition coefficient (Wildman–Crippen LogP) is 3.35. The van der Waals surface area contributed by atoms with Crippen molar-refractivity contribution in [2.24, 2.45) is 0 Å². The third kappa shape index (κ3) is 4.48. The highest BCUT2D eigenvalue weighted by molar-refractivity contribution is 5.15. The molecule has 1 nitrogen and oxygen atoms in total. The molecule has 0 heterocycles. The Kier molecular flexibility index (Phi) is 5.41. The fraction of sp³-hybridized carbons (Fsp3) is 0.571. The summed E-state index contributed by atoms with van der Waals surface area (Å²) in [6, 6.07) is 11.4. The summed E-state index contributed by atoms with van der Waals surface area (Å²) in [4.78, 5) is 2.45. The summed E-state index contributed by atoms with van der Waals surface area (Å²) >= 11 is 0. The van der Waals surface area contributed by atoms with Crippen LogP contribution in [0.2, 0.25) is 0 Å². The Hall–Kier alpha value is -0.820. The van der Waals surface area contributed by atoms with E-state index in [0.29, 0.717) is 6.04 Å². The van der Waals surface area contributed by atoms with Crippen molar-refractivity contribution in [1.29, 1.82) is 0 Å². The predicted molar refractivity (Wildman–Crippen MR) is 67.1 cm³/mol. The van der Waals surface area contributed by atoms with Crippen molar-refractivity contribution in [2.75, 3.05) is 13.6 Å². The smallest absolute Gasteiger partial charge is 0.0104 e. The minimum Gasteiger partial charge on any atom is -0.303 e. The van der Waals surface area contributed by atoms with Gasteiger partial charge in [-0.1, -0.05) is 43.7 Å². The fourth-order valence-electron chi connectivity index (χ4n) is 1.74. The van der Waals surface area contributed by atoms with Gasteiger partial charge in [0.05, 0.1) is 0 Å². The van der Waals surface area contributed by atoms with Gasteiger partial charge in [0.2, 0.25) is 0 Å². The van der Waals surface area contributed by atoms with Gasteiger partial charge in [-0.2, -0.15) is 0 Å². The van der Waals surface area contributed by atoms with E-state index in [9.17, 15) is 0 Å². The van der Waals surface area contributed by atoms with Crippen molar-refractivity contribution in [1.82, 2.24) is 4.90 Å². The van der Waals surface area contributed by atoms with Gasteiger partial charge in [-0.05, 0) is 38.9 Å². The van der Waals surface area contributed by atoms with Crippen LogP contribution in [0.3, 0.4) is 0 Å². The van der Waals surface area contributed by atoms with Crippen LogP contribution in [-0.4, -0.2) is 24.5 Å². The number of hydrogen-bond acceptors (Lipinski definition) is 1. The molecule has 1 rings (SSSR count). The van der Waals surface area contributed by atoms with Crippen molar-refractivity contribution >= 4 is 0 Å². The van der Waals surface area contributed by atoms with E-state index in [1.807, 2.05) is 0 Å². The number of rotatable bonds is 6. The normalized spacial score (nSPS) is 13.1. The molecule has 0 N–H and O–H groups in total. The van der Waals surface area contributed by atoms with E-state index in [2.05, 4.69) is 56.1 Å². The lowest BCUT2D eigenvalue weighted by Crippen LogP contribution is -2.31. The number of unbranched alkanes of at least 4 members (excludes halogenated alkanes) is 1. The van der Waals surface area contributed by atoms with Crippen molar-refractivity contribution < 1.29 is 0 Å². The number of likely N-dealkylation sites (N-methyl/N-ethyl adjacent to an activating group) is 1. The summed E-state index contributed by atoms with van der Waals surface area (Å²) in [5.41, 5.74) is 1.44. The van der Waals surface area contributed by atoms with Crippen LogP contribution in [0.1, 0.15) is 32.3 Å². The molecule has 0 radical (unpaired) electrons. The zero-order chi connectivity index (χ0) is 11.1. The summed E-state index contributed by atoms with van der Waals surface area (Å²) in [5, 5.41) is 0. The van der Waals surface area contributed by atoms with Crippen LogP contribution in [-0.2, 0) is 6.42 Å². The Morgan fingerprint density at radius 3 is 2.47 bits per heavy atom. The van der Waals surface area contributed by atoms with Crippen LogP contribution in [0.4, 0.5) is 0 Å². The average molecular weight is 205 g/mol. The van der Waals surface area contributed by atoms with E-state index >= 15 is 0 Å². The third-order valence-electron chi connectivity index (χ3n) is 2.99. The zero-order valence-corrected chi connectivity index (χ0v) is 10.2. The monoisotopic (exact) mass is 205 g/mol. The maximum Gasteiger partial charge on any atom is 0.0104 e. The van der Waals surface area contributed by atoms with Crippen LogP contribution >= 0.6 is 0 Å². The Bertz CT molecular complexity index is 255. The molecule has 0 spiro atoms. The highest BCUT2D eigenvalue weighted by Gasteiger charge is 2.08. The van der Waals surface area contributed by atoms with Crippen LogP contribution in [0.15, 0.2) is 30.3 Å². The molecular weight excluding hydrogens is 182 g/mol. The molecule has 1 unspecified atom stereocenters. The molecular formula is C14H23N. The molecule has 0 saturated heterocycles. The lowest BCUT2D eigenvalue weighted by atomic mass is 10.1. The molecule has 1 aromatic rings. The SMILES string of the molecule is CCCCN(C)C(C)Cc1ccccc1. The second-order valence-corrected chi connectivity index (χ2v) is 4.37. The molecule has 84 valence electrons. The van der Waals surface area contributed by atoms with Gasteiger partial charge in [-0.25, -0.2) is 0 Å². The Labute approximate surface area is 94.1 Å². The number of nitrogens with zero attached hydrogens (tertiary/aromatic N) is 1. The Balaban J connectivity index is 2.38. The van der Waals surface area contributed by atoms with Crippen molar-refractivity contribution in [3.05, 3.63) is 35.9 Å². The minimum absolute atomic E-state index is 0.638. The molecule has 0 amide bonds. The van der Waals surface area contributed by atoms with E-state index in [4.69, 9.17) is 0 Å². The van der Waals surface area contributed by atoms with Crippen LogP contribution in [0, 0.1) is 0 Å².